The summed E-state index contributed by atoms with van der Waals surface area (Å²) in [6, 6.07) is 8.63. The van der Waals surface area contributed by atoms with E-state index in [1.54, 1.807) is 0 Å². The molecule has 0 saturated carbocycles. The van der Waals surface area contributed by atoms with E-state index in [0.717, 1.165) is 25.1 Å². The quantitative estimate of drug-likeness (QED) is 0.699. The Morgan fingerprint density at radius 2 is 2.06 bits per heavy atom. The van der Waals surface area contributed by atoms with Crippen LogP contribution in [0.3, 0.4) is 0 Å². The molecule has 0 fully saturated rings. The van der Waals surface area contributed by atoms with E-state index in [-0.39, 0.29) is 0 Å². The number of hydrogen-bond donors (Lipinski definition) is 1. The van der Waals surface area contributed by atoms with Gasteiger partial charge >= 0.3 is 0 Å². The second-order valence-electron chi connectivity index (χ2n) is 4.58. The van der Waals surface area contributed by atoms with Crippen molar-refractivity contribution in [1.82, 2.24) is 5.32 Å². The molecule has 0 radical (unpaired) electrons. The minimum atomic E-state index is 0.342. The monoisotopic (exact) mass is 247 g/mol. The predicted octanol–water partition coefficient (Wildman–Crippen LogP) is 4.09. The minimum absolute atomic E-state index is 0.342. The van der Waals surface area contributed by atoms with E-state index in [9.17, 15) is 0 Å². The van der Waals surface area contributed by atoms with Crippen molar-refractivity contribution in [3.05, 3.63) is 42.0 Å². The molecule has 0 aliphatic heterocycles. The number of hydrogen-bond acceptors (Lipinski definition) is 2. The van der Waals surface area contributed by atoms with Crippen molar-refractivity contribution in [3.8, 4) is 5.75 Å². The van der Waals surface area contributed by atoms with Gasteiger partial charge in [0, 0.05) is 11.6 Å². The lowest BCUT2D eigenvalue weighted by atomic mass is 9.99. The molecule has 100 valence electrons. The Hall–Kier alpha value is -1.28. The van der Waals surface area contributed by atoms with Crippen LogP contribution in [0.2, 0.25) is 0 Å². The fourth-order valence-corrected chi connectivity index (χ4v) is 2.06. The Balaban J connectivity index is 2.85. The van der Waals surface area contributed by atoms with Gasteiger partial charge in [-0.3, -0.25) is 0 Å². The summed E-state index contributed by atoms with van der Waals surface area (Å²) < 4.78 is 5.71. The van der Waals surface area contributed by atoms with E-state index in [1.165, 1.54) is 11.1 Å². The van der Waals surface area contributed by atoms with Crippen molar-refractivity contribution in [3.63, 3.8) is 0 Å². The summed E-state index contributed by atoms with van der Waals surface area (Å²) in [5, 5.41) is 3.53. The lowest BCUT2D eigenvalue weighted by molar-refractivity contribution is 0.330. The van der Waals surface area contributed by atoms with Crippen LogP contribution in [0.5, 0.6) is 5.75 Å². The zero-order chi connectivity index (χ0) is 13.4. The van der Waals surface area contributed by atoms with Gasteiger partial charge in [-0.15, -0.1) is 6.58 Å². The molecule has 0 aliphatic carbocycles. The van der Waals surface area contributed by atoms with Gasteiger partial charge in [-0.25, -0.2) is 0 Å². The molecule has 18 heavy (non-hydrogen) atoms. The molecule has 1 rings (SSSR count). The van der Waals surface area contributed by atoms with Crippen LogP contribution in [0.4, 0.5) is 0 Å². The minimum Gasteiger partial charge on any atom is -0.494 e. The van der Waals surface area contributed by atoms with Gasteiger partial charge in [-0.05, 0) is 39.3 Å². The van der Waals surface area contributed by atoms with Gasteiger partial charge in [0.2, 0.25) is 0 Å². The molecule has 0 bridgehead atoms. The summed E-state index contributed by atoms with van der Waals surface area (Å²) in [6.07, 6.45) is 2.10. The summed E-state index contributed by atoms with van der Waals surface area (Å²) >= 11 is 0. The maximum Gasteiger partial charge on any atom is 0.124 e. The Kier molecular flexibility index (Phi) is 6.51. The Labute approximate surface area is 111 Å². The molecule has 0 amide bonds. The van der Waals surface area contributed by atoms with E-state index in [4.69, 9.17) is 4.74 Å². The van der Waals surface area contributed by atoms with Crippen molar-refractivity contribution in [1.29, 1.82) is 0 Å². The summed E-state index contributed by atoms with van der Waals surface area (Å²) in [5.74, 6) is 0.993. The number of para-hydroxylation sites is 1. The fourth-order valence-electron chi connectivity index (χ4n) is 2.06. The number of allylic oxidation sites excluding steroid dienone is 1. The van der Waals surface area contributed by atoms with Crippen molar-refractivity contribution in [2.24, 2.45) is 0 Å². The van der Waals surface area contributed by atoms with E-state index in [0.29, 0.717) is 12.6 Å². The third kappa shape index (κ3) is 4.53. The van der Waals surface area contributed by atoms with E-state index in [2.05, 4.69) is 37.9 Å². The highest BCUT2D eigenvalue weighted by molar-refractivity contribution is 5.36. The lowest BCUT2D eigenvalue weighted by Crippen LogP contribution is -2.21. The number of benzene rings is 1. The normalized spacial score (nSPS) is 12.2. The topological polar surface area (TPSA) is 21.3 Å². The zero-order valence-corrected chi connectivity index (χ0v) is 11.8. The molecule has 0 heterocycles. The molecule has 2 nitrogen and oxygen atoms in total. The van der Waals surface area contributed by atoms with Gasteiger partial charge in [0.1, 0.15) is 5.75 Å². The summed E-state index contributed by atoms with van der Waals surface area (Å²) in [7, 11) is 0. The van der Waals surface area contributed by atoms with Crippen LogP contribution in [0.1, 0.15) is 45.2 Å². The first-order chi connectivity index (χ1) is 8.69. The van der Waals surface area contributed by atoms with Crippen LogP contribution >= 0.6 is 0 Å². The van der Waals surface area contributed by atoms with Crippen molar-refractivity contribution < 1.29 is 4.74 Å². The molecule has 0 aliphatic rings. The van der Waals surface area contributed by atoms with E-state index in [1.807, 2.05) is 19.1 Å². The molecule has 1 unspecified atom stereocenters. The maximum atomic E-state index is 5.71. The molecule has 1 aromatic rings. The van der Waals surface area contributed by atoms with Gasteiger partial charge in [-0.2, -0.15) is 0 Å². The van der Waals surface area contributed by atoms with Gasteiger partial charge < -0.3 is 10.1 Å². The first kappa shape index (κ1) is 14.8. The summed E-state index contributed by atoms with van der Waals surface area (Å²) in [5.41, 5.74) is 2.48. The summed E-state index contributed by atoms with van der Waals surface area (Å²) in [6.45, 7) is 11.9. The zero-order valence-electron chi connectivity index (χ0n) is 11.8. The molecular formula is C16H25NO. The molecule has 0 aromatic heterocycles. The highest BCUT2D eigenvalue weighted by Crippen LogP contribution is 2.28. The van der Waals surface area contributed by atoms with Gasteiger partial charge in [-0.1, -0.05) is 30.7 Å². The SMILES string of the molecule is C=C(C)CCC(NCC)c1ccccc1OCC. The highest BCUT2D eigenvalue weighted by Gasteiger charge is 2.14. The van der Waals surface area contributed by atoms with Crippen LogP contribution in [0, 0.1) is 0 Å². The largest absolute Gasteiger partial charge is 0.494 e. The van der Waals surface area contributed by atoms with Gasteiger partial charge in [0.25, 0.3) is 0 Å². The van der Waals surface area contributed by atoms with Gasteiger partial charge in [0.15, 0.2) is 0 Å². The fraction of sp³-hybridized carbons (Fsp3) is 0.500. The second-order valence-corrected chi connectivity index (χ2v) is 4.58. The Morgan fingerprint density at radius 3 is 2.67 bits per heavy atom. The van der Waals surface area contributed by atoms with Crippen LogP contribution < -0.4 is 10.1 Å². The first-order valence-corrected chi connectivity index (χ1v) is 6.78. The number of nitrogens with one attached hydrogen (secondary N) is 1. The maximum absolute atomic E-state index is 5.71. The molecule has 1 aromatic carbocycles. The highest BCUT2D eigenvalue weighted by atomic mass is 16.5. The average molecular weight is 247 g/mol. The van der Waals surface area contributed by atoms with Crippen LogP contribution in [-0.4, -0.2) is 13.2 Å². The number of ether oxygens (including phenoxy) is 1. The van der Waals surface area contributed by atoms with E-state index >= 15 is 0 Å². The van der Waals surface area contributed by atoms with Crippen molar-refractivity contribution >= 4 is 0 Å². The van der Waals surface area contributed by atoms with Crippen molar-refractivity contribution in [2.75, 3.05) is 13.2 Å². The molecule has 0 spiro atoms. The van der Waals surface area contributed by atoms with Crippen LogP contribution in [0.25, 0.3) is 0 Å². The molecule has 2 heteroatoms. The van der Waals surface area contributed by atoms with Crippen molar-refractivity contribution in [2.45, 2.75) is 39.7 Å². The second kappa shape index (κ2) is 7.93. The molecule has 0 saturated heterocycles. The van der Waals surface area contributed by atoms with Gasteiger partial charge in [0.05, 0.1) is 6.61 Å². The number of rotatable bonds is 8. The predicted molar refractivity (Wildman–Crippen MR) is 78.1 cm³/mol. The third-order valence-corrected chi connectivity index (χ3v) is 2.90. The van der Waals surface area contributed by atoms with Crippen LogP contribution in [-0.2, 0) is 0 Å². The van der Waals surface area contributed by atoms with E-state index < -0.39 is 0 Å². The summed E-state index contributed by atoms with van der Waals surface area (Å²) in [4.78, 5) is 0. The smallest absolute Gasteiger partial charge is 0.124 e. The van der Waals surface area contributed by atoms with Crippen LogP contribution in [0.15, 0.2) is 36.4 Å². The molecular weight excluding hydrogens is 222 g/mol. The Bertz CT molecular complexity index is 373. The average Bonchev–Trinajstić information content (AvgIpc) is 2.35. The Morgan fingerprint density at radius 1 is 1.33 bits per heavy atom. The first-order valence-electron chi connectivity index (χ1n) is 6.78. The third-order valence-electron chi connectivity index (χ3n) is 2.90. The lowest BCUT2D eigenvalue weighted by Gasteiger charge is -2.21. The molecule has 1 N–H and O–H groups in total. The standard InChI is InChI=1S/C16H25NO/c1-5-17-15(12-11-13(3)4)14-9-7-8-10-16(14)18-6-2/h7-10,15,17H,3,5-6,11-12H2,1-2,4H3. The molecule has 1 atom stereocenters.